The van der Waals surface area contributed by atoms with E-state index in [1.54, 1.807) is 14.0 Å². The highest BCUT2D eigenvalue weighted by Crippen LogP contribution is 2.11. The first-order chi connectivity index (χ1) is 10.3. The monoisotopic (exact) mass is 327 g/mol. The number of carbonyl (C=O) groups is 1. The van der Waals surface area contributed by atoms with Gasteiger partial charge in [-0.1, -0.05) is 29.8 Å². The van der Waals surface area contributed by atoms with Crippen LogP contribution in [0.2, 0.25) is 0 Å². The van der Waals surface area contributed by atoms with Gasteiger partial charge in [-0.15, -0.1) is 0 Å². The van der Waals surface area contributed by atoms with Crippen molar-refractivity contribution in [2.24, 2.45) is 5.73 Å². The van der Waals surface area contributed by atoms with Gasteiger partial charge < -0.3 is 11.1 Å². The summed E-state index contributed by atoms with van der Waals surface area (Å²) >= 11 is 0. The molecule has 1 atom stereocenters. The number of hydrogen-bond donors (Lipinski definition) is 2. The van der Waals surface area contributed by atoms with E-state index in [0.717, 1.165) is 11.1 Å². The summed E-state index contributed by atoms with van der Waals surface area (Å²) in [7, 11) is -1.63. The maximum absolute atomic E-state index is 12.0. The Balaban J connectivity index is 2.39. The number of rotatable bonds is 8. The first kappa shape index (κ1) is 18.6. The molecule has 3 N–H and O–H groups in total. The molecular weight excluding hydrogens is 302 g/mol. The molecule has 1 aromatic carbocycles. The summed E-state index contributed by atoms with van der Waals surface area (Å²) in [6, 6.07) is 6.78. The molecule has 0 aromatic heterocycles. The fourth-order valence-corrected chi connectivity index (χ4v) is 2.76. The Bertz CT molecular complexity index is 585. The molecule has 1 amide bonds. The number of benzene rings is 1. The summed E-state index contributed by atoms with van der Waals surface area (Å²) < 4.78 is 24.4. The third-order valence-electron chi connectivity index (χ3n) is 3.51. The highest BCUT2D eigenvalue weighted by atomic mass is 32.2. The molecule has 0 saturated heterocycles. The molecule has 0 aliphatic heterocycles. The van der Waals surface area contributed by atoms with Crippen molar-refractivity contribution in [2.45, 2.75) is 26.3 Å². The van der Waals surface area contributed by atoms with Gasteiger partial charge in [-0.3, -0.25) is 4.79 Å². The van der Waals surface area contributed by atoms with E-state index in [1.807, 2.05) is 31.2 Å². The maximum Gasteiger partial charge on any atom is 0.241 e. The maximum atomic E-state index is 12.0. The quantitative estimate of drug-likeness (QED) is 0.690. The van der Waals surface area contributed by atoms with Crippen molar-refractivity contribution in [1.82, 2.24) is 9.62 Å². The van der Waals surface area contributed by atoms with Gasteiger partial charge in [0.25, 0.3) is 0 Å². The van der Waals surface area contributed by atoms with Crippen LogP contribution in [0.3, 0.4) is 0 Å². The number of aryl methyl sites for hydroxylation is 1. The topological polar surface area (TPSA) is 92.5 Å². The normalized spacial score (nSPS) is 13.1. The minimum Gasteiger partial charge on any atom is -0.354 e. The van der Waals surface area contributed by atoms with E-state index in [9.17, 15) is 13.2 Å². The molecule has 6 nitrogen and oxygen atoms in total. The van der Waals surface area contributed by atoms with Crippen molar-refractivity contribution in [1.29, 1.82) is 0 Å². The van der Waals surface area contributed by atoms with Crippen LogP contribution in [0, 0.1) is 6.92 Å². The molecule has 1 unspecified atom stereocenters. The fraction of sp³-hybridized carbons (Fsp3) is 0.533. The first-order valence-electron chi connectivity index (χ1n) is 7.31. The van der Waals surface area contributed by atoms with Crippen LogP contribution in [-0.2, 0) is 14.8 Å². The van der Waals surface area contributed by atoms with E-state index in [2.05, 4.69) is 5.32 Å². The summed E-state index contributed by atoms with van der Waals surface area (Å²) in [5.41, 5.74) is 7.77. The third-order valence-corrected chi connectivity index (χ3v) is 5.37. The smallest absolute Gasteiger partial charge is 0.241 e. The van der Waals surface area contributed by atoms with E-state index in [1.165, 1.54) is 4.31 Å². The fourth-order valence-electron chi connectivity index (χ4n) is 1.91. The van der Waals surface area contributed by atoms with Crippen LogP contribution in [0.25, 0.3) is 0 Å². The van der Waals surface area contributed by atoms with E-state index in [-0.39, 0.29) is 11.7 Å². The number of sulfonamides is 1. The minimum absolute atomic E-state index is 0.0775. The Hall–Kier alpha value is -1.44. The van der Waals surface area contributed by atoms with Crippen LogP contribution in [0.1, 0.15) is 30.5 Å². The van der Waals surface area contributed by atoms with E-state index >= 15 is 0 Å². The lowest BCUT2D eigenvalue weighted by Gasteiger charge is -2.17. The Kier molecular flexibility index (Phi) is 6.99. The number of amides is 1. The molecular formula is C15H25N3O3S. The van der Waals surface area contributed by atoms with Gasteiger partial charge in [0.2, 0.25) is 15.9 Å². The van der Waals surface area contributed by atoms with E-state index in [4.69, 9.17) is 5.73 Å². The van der Waals surface area contributed by atoms with Crippen molar-refractivity contribution < 1.29 is 13.2 Å². The standard InChI is InChI=1S/C15H25N3O3S/c1-4-22(20,21)18(3)11-5-10-17-15(19)14(16)13-8-6-12(2)7-9-13/h6-9,14H,4-5,10-11,16H2,1-3H3,(H,17,19). The molecule has 0 saturated carbocycles. The number of nitrogens with one attached hydrogen (secondary N) is 1. The SMILES string of the molecule is CCS(=O)(=O)N(C)CCCNC(=O)C(N)c1ccc(C)cc1. The first-order valence-corrected chi connectivity index (χ1v) is 8.92. The van der Waals surface area contributed by atoms with Gasteiger partial charge in [0.1, 0.15) is 6.04 Å². The second-order valence-electron chi connectivity index (χ2n) is 5.26. The molecule has 0 spiro atoms. The molecule has 0 aliphatic rings. The average Bonchev–Trinajstić information content (AvgIpc) is 2.51. The van der Waals surface area contributed by atoms with E-state index in [0.29, 0.717) is 19.5 Å². The van der Waals surface area contributed by atoms with Gasteiger partial charge in [-0.05, 0) is 25.8 Å². The van der Waals surface area contributed by atoms with Crippen LogP contribution in [-0.4, -0.2) is 44.5 Å². The van der Waals surface area contributed by atoms with Crippen LogP contribution in [0.5, 0.6) is 0 Å². The second kappa shape index (κ2) is 8.26. The number of carbonyl (C=O) groups excluding carboxylic acids is 1. The zero-order valence-corrected chi connectivity index (χ0v) is 14.2. The van der Waals surface area contributed by atoms with Gasteiger partial charge >= 0.3 is 0 Å². The summed E-state index contributed by atoms with van der Waals surface area (Å²) in [5, 5.41) is 2.73. The Morgan fingerprint density at radius 1 is 1.32 bits per heavy atom. The molecule has 0 heterocycles. The van der Waals surface area contributed by atoms with Gasteiger partial charge in [0.15, 0.2) is 0 Å². The van der Waals surface area contributed by atoms with Crippen LogP contribution < -0.4 is 11.1 Å². The number of nitrogens with two attached hydrogens (primary N) is 1. The summed E-state index contributed by atoms with van der Waals surface area (Å²) in [5.74, 6) is -0.182. The van der Waals surface area contributed by atoms with Crippen molar-refractivity contribution in [3.8, 4) is 0 Å². The molecule has 1 rings (SSSR count). The zero-order chi connectivity index (χ0) is 16.8. The van der Waals surface area contributed by atoms with Crippen molar-refractivity contribution >= 4 is 15.9 Å². The lowest BCUT2D eigenvalue weighted by atomic mass is 10.1. The molecule has 22 heavy (non-hydrogen) atoms. The molecule has 0 fully saturated rings. The summed E-state index contributed by atoms with van der Waals surface area (Å²) in [6.45, 7) is 4.34. The Morgan fingerprint density at radius 2 is 1.91 bits per heavy atom. The molecule has 124 valence electrons. The molecule has 7 heteroatoms. The molecule has 0 radical (unpaired) electrons. The summed E-state index contributed by atoms with van der Waals surface area (Å²) in [6.07, 6.45) is 0.544. The third kappa shape index (κ3) is 5.40. The highest BCUT2D eigenvalue weighted by Gasteiger charge is 2.16. The van der Waals surface area contributed by atoms with Gasteiger partial charge in [-0.25, -0.2) is 12.7 Å². The number of nitrogens with zero attached hydrogens (tertiary/aromatic N) is 1. The van der Waals surface area contributed by atoms with Gasteiger partial charge in [0.05, 0.1) is 5.75 Å². The lowest BCUT2D eigenvalue weighted by molar-refractivity contribution is -0.122. The van der Waals surface area contributed by atoms with E-state index < -0.39 is 16.1 Å². The van der Waals surface area contributed by atoms with Crippen molar-refractivity contribution in [3.05, 3.63) is 35.4 Å². The number of hydrogen-bond acceptors (Lipinski definition) is 4. The van der Waals surface area contributed by atoms with Crippen molar-refractivity contribution in [3.63, 3.8) is 0 Å². The highest BCUT2D eigenvalue weighted by molar-refractivity contribution is 7.89. The van der Waals surface area contributed by atoms with Crippen LogP contribution in [0.4, 0.5) is 0 Å². The van der Waals surface area contributed by atoms with Gasteiger partial charge in [-0.2, -0.15) is 0 Å². The average molecular weight is 327 g/mol. The van der Waals surface area contributed by atoms with Crippen LogP contribution >= 0.6 is 0 Å². The Morgan fingerprint density at radius 3 is 2.45 bits per heavy atom. The minimum atomic E-state index is -3.17. The second-order valence-corrected chi connectivity index (χ2v) is 7.62. The lowest BCUT2D eigenvalue weighted by Crippen LogP contribution is -2.36. The predicted octanol–water partition coefficient (Wildman–Crippen LogP) is 0.783. The van der Waals surface area contributed by atoms with Crippen molar-refractivity contribution in [2.75, 3.05) is 25.9 Å². The largest absolute Gasteiger partial charge is 0.354 e. The molecule has 0 bridgehead atoms. The molecule has 1 aromatic rings. The zero-order valence-electron chi connectivity index (χ0n) is 13.4. The molecule has 0 aliphatic carbocycles. The summed E-state index contributed by atoms with van der Waals surface area (Å²) in [4.78, 5) is 12.0. The van der Waals surface area contributed by atoms with Gasteiger partial charge in [0, 0.05) is 20.1 Å². The predicted molar refractivity (Wildman–Crippen MR) is 87.8 cm³/mol. The Labute approximate surface area is 132 Å². The van der Waals surface area contributed by atoms with Crippen LogP contribution in [0.15, 0.2) is 24.3 Å².